The minimum atomic E-state index is -0.0515. The first-order chi connectivity index (χ1) is 12.1. The van der Waals surface area contributed by atoms with E-state index in [1.807, 2.05) is 18.2 Å². The average Bonchev–Trinajstić information content (AvgIpc) is 3.28. The van der Waals surface area contributed by atoms with Crippen LogP contribution in [0, 0.1) is 5.92 Å². The lowest BCUT2D eigenvalue weighted by Crippen LogP contribution is -2.40. The Hall–Kier alpha value is -1.88. The van der Waals surface area contributed by atoms with E-state index in [2.05, 4.69) is 17.4 Å². The smallest absolute Gasteiger partial charge is 0.242 e. The van der Waals surface area contributed by atoms with Gasteiger partial charge in [-0.2, -0.15) is 0 Å². The largest absolute Gasteiger partial charge is 0.347 e. The summed E-state index contributed by atoms with van der Waals surface area (Å²) in [5, 5.41) is 2.78. The van der Waals surface area contributed by atoms with Crippen molar-refractivity contribution in [3.05, 3.63) is 35.9 Å². The Balaban J connectivity index is 1.41. The molecule has 136 valence electrons. The van der Waals surface area contributed by atoms with Crippen LogP contribution in [0.2, 0.25) is 0 Å². The molecular formula is C20H29N3O2. The summed E-state index contributed by atoms with van der Waals surface area (Å²) in [6.45, 7) is 1.26. The van der Waals surface area contributed by atoms with Gasteiger partial charge in [0.25, 0.3) is 0 Å². The average molecular weight is 343 g/mol. The van der Waals surface area contributed by atoms with Crippen molar-refractivity contribution in [1.82, 2.24) is 10.2 Å². The molecule has 1 saturated carbocycles. The van der Waals surface area contributed by atoms with E-state index >= 15 is 0 Å². The topological polar surface area (TPSA) is 75.4 Å². The molecule has 0 spiro atoms. The van der Waals surface area contributed by atoms with Crippen molar-refractivity contribution in [1.29, 1.82) is 0 Å². The van der Waals surface area contributed by atoms with Crippen molar-refractivity contribution >= 4 is 11.8 Å². The van der Waals surface area contributed by atoms with E-state index in [-0.39, 0.29) is 30.3 Å². The van der Waals surface area contributed by atoms with Crippen LogP contribution in [0.15, 0.2) is 30.3 Å². The Labute approximate surface area is 150 Å². The summed E-state index contributed by atoms with van der Waals surface area (Å²) >= 11 is 0. The number of carbonyl (C=O) groups excluding carboxylic acids is 2. The molecule has 5 nitrogen and oxygen atoms in total. The molecule has 2 amide bonds. The highest BCUT2D eigenvalue weighted by Gasteiger charge is 2.33. The van der Waals surface area contributed by atoms with Gasteiger partial charge in [0.1, 0.15) is 0 Å². The number of nitrogens with two attached hydrogens (primary N) is 1. The second kappa shape index (κ2) is 8.48. The van der Waals surface area contributed by atoms with E-state index in [0.717, 1.165) is 6.42 Å². The first-order valence-electron chi connectivity index (χ1n) is 9.48. The van der Waals surface area contributed by atoms with E-state index in [9.17, 15) is 9.59 Å². The third-order valence-electron chi connectivity index (χ3n) is 5.64. The Morgan fingerprint density at radius 1 is 1.12 bits per heavy atom. The Morgan fingerprint density at radius 3 is 2.56 bits per heavy atom. The van der Waals surface area contributed by atoms with E-state index < -0.39 is 0 Å². The predicted octanol–water partition coefficient (Wildman–Crippen LogP) is 2.03. The number of benzene rings is 1. The summed E-state index contributed by atoms with van der Waals surface area (Å²) in [5.41, 5.74) is 7.40. The van der Waals surface area contributed by atoms with Crippen LogP contribution >= 0.6 is 0 Å². The van der Waals surface area contributed by atoms with E-state index in [4.69, 9.17) is 5.73 Å². The van der Waals surface area contributed by atoms with Crippen molar-refractivity contribution in [3.8, 4) is 0 Å². The van der Waals surface area contributed by atoms with Crippen molar-refractivity contribution < 1.29 is 9.59 Å². The zero-order chi connectivity index (χ0) is 17.6. The highest BCUT2D eigenvalue weighted by atomic mass is 16.2. The summed E-state index contributed by atoms with van der Waals surface area (Å²) in [7, 11) is 0. The summed E-state index contributed by atoms with van der Waals surface area (Å²) < 4.78 is 0. The fraction of sp³-hybridized carbons (Fsp3) is 0.600. The van der Waals surface area contributed by atoms with Gasteiger partial charge >= 0.3 is 0 Å². The lowest BCUT2D eigenvalue weighted by Gasteiger charge is -2.17. The van der Waals surface area contributed by atoms with E-state index in [1.165, 1.54) is 31.2 Å². The molecule has 2 atom stereocenters. The fourth-order valence-corrected chi connectivity index (χ4v) is 4.09. The number of carbonyl (C=O) groups is 2. The number of hydrogen-bond acceptors (Lipinski definition) is 3. The predicted molar refractivity (Wildman–Crippen MR) is 97.9 cm³/mol. The second-order valence-corrected chi connectivity index (χ2v) is 7.45. The molecule has 0 bridgehead atoms. The molecule has 0 radical (unpaired) electrons. The zero-order valence-electron chi connectivity index (χ0n) is 14.8. The number of nitrogens with one attached hydrogen (secondary N) is 1. The fourth-order valence-electron chi connectivity index (χ4n) is 4.09. The van der Waals surface area contributed by atoms with Crippen LogP contribution in [0.5, 0.6) is 0 Å². The zero-order valence-corrected chi connectivity index (χ0v) is 14.8. The molecule has 1 aliphatic carbocycles. The quantitative estimate of drug-likeness (QED) is 0.830. The normalized spacial score (nSPS) is 23.8. The Morgan fingerprint density at radius 2 is 1.84 bits per heavy atom. The molecule has 0 unspecified atom stereocenters. The van der Waals surface area contributed by atoms with Gasteiger partial charge in [0.2, 0.25) is 11.8 Å². The standard InChI is InChI=1S/C20H29N3O2/c21-18-14-23(13-17(18)16-8-2-1-3-9-16)20(25)12-22-19(24)11-10-15-6-4-5-7-15/h1-3,8-9,15,17-18H,4-7,10-14,21H2,(H,22,24)/t17-,18+/m0/s1. The number of amides is 2. The molecule has 5 heteroatoms. The number of likely N-dealkylation sites (tertiary alicyclic amines) is 1. The molecule has 25 heavy (non-hydrogen) atoms. The van der Waals surface area contributed by atoms with Gasteiger partial charge in [-0.15, -0.1) is 0 Å². The lowest BCUT2D eigenvalue weighted by molar-refractivity contribution is -0.132. The van der Waals surface area contributed by atoms with Gasteiger partial charge in [-0.1, -0.05) is 56.0 Å². The SMILES string of the molecule is N[C@@H]1CN(C(=O)CNC(=O)CCC2CCCC2)C[C@H]1c1ccccc1. The van der Waals surface area contributed by atoms with Crippen molar-refractivity contribution in [3.63, 3.8) is 0 Å². The van der Waals surface area contributed by atoms with Crippen molar-refractivity contribution in [2.75, 3.05) is 19.6 Å². The van der Waals surface area contributed by atoms with E-state index in [0.29, 0.717) is 25.4 Å². The molecule has 3 rings (SSSR count). The van der Waals surface area contributed by atoms with Crippen LogP contribution in [-0.4, -0.2) is 42.4 Å². The minimum absolute atomic E-state index is 0.0108. The van der Waals surface area contributed by atoms with Gasteiger partial charge in [0.05, 0.1) is 6.54 Å². The molecule has 0 aromatic heterocycles. The molecular weight excluding hydrogens is 314 g/mol. The highest BCUT2D eigenvalue weighted by Crippen LogP contribution is 2.28. The second-order valence-electron chi connectivity index (χ2n) is 7.45. The minimum Gasteiger partial charge on any atom is -0.347 e. The summed E-state index contributed by atoms with van der Waals surface area (Å²) in [6, 6.07) is 10.0. The van der Waals surface area contributed by atoms with Gasteiger partial charge in [-0.05, 0) is 17.9 Å². The molecule has 1 saturated heterocycles. The monoisotopic (exact) mass is 343 g/mol. The molecule has 2 fully saturated rings. The highest BCUT2D eigenvalue weighted by molar-refractivity contribution is 5.85. The number of rotatable bonds is 6. The number of hydrogen-bond donors (Lipinski definition) is 2. The lowest BCUT2D eigenvalue weighted by atomic mass is 9.95. The molecule has 3 N–H and O–H groups in total. The van der Waals surface area contributed by atoms with Gasteiger partial charge in [-0.3, -0.25) is 9.59 Å². The van der Waals surface area contributed by atoms with Gasteiger partial charge < -0.3 is 16.0 Å². The first kappa shape index (κ1) is 17.9. The molecule has 1 aromatic carbocycles. The maximum atomic E-state index is 12.4. The van der Waals surface area contributed by atoms with Gasteiger partial charge in [0.15, 0.2) is 0 Å². The first-order valence-corrected chi connectivity index (χ1v) is 9.48. The van der Waals surface area contributed by atoms with Gasteiger partial charge in [-0.25, -0.2) is 0 Å². The molecule has 1 heterocycles. The van der Waals surface area contributed by atoms with Crippen molar-refractivity contribution in [2.24, 2.45) is 11.7 Å². The molecule has 2 aliphatic rings. The molecule has 1 aromatic rings. The molecule has 1 aliphatic heterocycles. The number of nitrogens with zero attached hydrogens (tertiary/aromatic N) is 1. The third-order valence-corrected chi connectivity index (χ3v) is 5.64. The van der Waals surface area contributed by atoms with Gasteiger partial charge in [0, 0.05) is 31.5 Å². The van der Waals surface area contributed by atoms with Crippen LogP contribution < -0.4 is 11.1 Å². The van der Waals surface area contributed by atoms with Crippen LogP contribution in [0.4, 0.5) is 0 Å². The van der Waals surface area contributed by atoms with Crippen LogP contribution in [-0.2, 0) is 9.59 Å². The van der Waals surface area contributed by atoms with Crippen molar-refractivity contribution in [2.45, 2.75) is 50.5 Å². The summed E-state index contributed by atoms with van der Waals surface area (Å²) in [5.74, 6) is 0.819. The summed E-state index contributed by atoms with van der Waals surface area (Å²) in [4.78, 5) is 26.1. The maximum Gasteiger partial charge on any atom is 0.242 e. The Kier molecular flexibility index (Phi) is 6.08. The van der Waals surface area contributed by atoms with Crippen LogP contribution in [0.1, 0.15) is 50.0 Å². The van der Waals surface area contributed by atoms with Crippen LogP contribution in [0.25, 0.3) is 0 Å². The van der Waals surface area contributed by atoms with E-state index in [1.54, 1.807) is 4.90 Å². The third kappa shape index (κ3) is 4.82. The maximum absolute atomic E-state index is 12.4. The summed E-state index contributed by atoms with van der Waals surface area (Å²) in [6.07, 6.45) is 6.57. The van der Waals surface area contributed by atoms with Crippen LogP contribution in [0.3, 0.4) is 0 Å². The Bertz CT molecular complexity index is 584.